The van der Waals surface area contributed by atoms with E-state index in [1.807, 2.05) is 0 Å². The van der Waals surface area contributed by atoms with Gasteiger partial charge < -0.3 is 4.74 Å². The molecular weight excluding hydrogens is 307 g/mol. The minimum atomic E-state index is -4.70. The third-order valence-electron chi connectivity index (χ3n) is 2.69. The van der Waals surface area contributed by atoms with Crippen molar-refractivity contribution in [1.29, 1.82) is 0 Å². The molecule has 2 heterocycles. The number of rotatable bonds is 2. The van der Waals surface area contributed by atoms with Crippen LogP contribution in [0.1, 0.15) is 0 Å². The van der Waals surface area contributed by atoms with Crippen LogP contribution in [0.2, 0.25) is 5.15 Å². The van der Waals surface area contributed by atoms with E-state index < -0.39 is 6.36 Å². The molecule has 21 heavy (non-hydrogen) atoms. The van der Waals surface area contributed by atoms with E-state index >= 15 is 0 Å². The van der Waals surface area contributed by atoms with Crippen LogP contribution in [0.15, 0.2) is 42.7 Å². The van der Waals surface area contributed by atoms with Crippen molar-refractivity contribution in [3.05, 3.63) is 47.9 Å². The van der Waals surface area contributed by atoms with Crippen LogP contribution in [-0.2, 0) is 0 Å². The number of alkyl halides is 3. The highest BCUT2D eigenvalue weighted by Gasteiger charge is 2.30. The van der Waals surface area contributed by atoms with Crippen molar-refractivity contribution < 1.29 is 17.9 Å². The number of pyridine rings is 1. The number of benzene rings is 1. The minimum Gasteiger partial charge on any atom is -0.406 e. The maximum Gasteiger partial charge on any atom is 0.573 e. The summed E-state index contributed by atoms with van der Waals surface area (Å²) >= 11 is 5.77. The van der Waals surface area contributed by atoms with Crippen LogP contribution in [-0.4, -0.2) is 21.1 Å². The molecule has 108 valence electrons. The molecule has 4 nitrogen and oxygen atoms in total. The van der Waals surface area contributed by atoms with Crippen LogP contribution in [0.3, 0.4) is 0 Å². The zero-order valence-corrected chi connectivity index (χ0v) is 11.1. The van der Waals surface area contributed by atoms with Crippen molar-refractivity contribution >= 4 is 22.5 Å². The first kappa shape index (κ1) is 13.7. The van der Waals surface area contributed by atoms with Gasteiger partial charge in [0.25, 0.3) is 0 Å². The van der Waals surface area contributed by atoms with E-state index in [9.17, 15) is 13.2 Å². The largest absolute Gasteiger partial charge is 0.573 e. The van der Waals surface area contributed by atoms with Crippen LogP contribution < -0.4 is 4.74 Å². The fraction of sp³-hybridized carbons (Fsp3) is 0.0769. The smallest absolute Gasteiger partial charge is 0.406 e. The molecule has 0 atom stereocenters. The van der Waals surface area contributed by atoms with E-state index in [1.54, 1.807) is 18.5 Å². The molecule has 0 aliphatic heterocycles. The quantitative estimate of drug-likeness (QED) is 0.672. The summed E-state index contributed by atoms with van der Waals surface area (Å²) in [7, 11) is 0. The first-order valence-electron chi connectivity index (χ1n) is 5.78. The second-order valence-electron chi connectivity index (χ2n) is 4.18. The summed E-state index contributed by atoms with van der Waals surface area (Å²) in [6.07, 6.45) is -1.43. The lowest BCUT2D eigenvalue weighted by atomic mass is 10.3. The molecule has 1 aromatic carbocycles. The average molecular weight is 314 g/mol. The predicted molar refractivity (Wildman–Crippen MR) is 70.6 cm³/mol. The molecule has 0 saturated carbocycles. The maximum atomic E-state index is 12.1. The summed E-state index contributed by atoms with van der Waals surface area (Å²) in [6.45, 7) is 0. The Balaban J connectivity index is 1.91. The molecule has 0 fully saturated rings. The summed E-state index contributed by atoms with van der Waals surface area (Å²) < 4.78 is 41.6. The summed E-state index contributed by atoms with van der Waals surface area (Å²) in [5, 5.41) is 5.37. The zero-order chi connectivity index (χ0) is 15.0. The zero-order valence-electron chi connectivity index (χ0n) is 10.3. The van der Waals surface area contributed by atoms with Crippen molar-refractivity contribution in [3.8, 4) is 11.4 Å². The van der Waals surface area contributed by atoms with Crippen LogP contribution in [0.5, 0.6) is 5.75 Å². The Kier molecular flexibility index (Phi) is 3.21. The monoisotopic (exact) mass is 313 g/mol. The third kappa shape index (κ3) is 3.08. The predicted octanol–water partition coefficient (Wildman–Crippen LogP) is 3.97. The van der Waals surface area contributed by atoms with Gasteiger partial charge in [-0.1, -0.05) is 11.6 Å². The number of hydrogen-bond donors (Lipinski definition) is 0. The molecule has 0 saturated heterocycles. The molecule has 0 aliphatic carbocycles. The molecular formula is C13H7ClF3N3O. The molecule has 0 unspecified atom stereocenters. The molecule has 3 aromatic rings. The summed E-state index contributed by atoms with van der Waals surface area (Å²) in [4.78, 5) is 3.94. The highest BCUT2D eigenvalue weighted by atomic mass is 35.5. The van der Waals surface area contributed by atoms with Gasteiger partial charge in [0.1, 0.15) is 10.9 Å². The highest BCUT2D eigenvalue weighted by molar-refractivity contribution is 6.29. The second kappa shape index (κ2) is 4.92. The lowest BCUT2D eigenvalue weighted by molar-refractivity contribution is -0.274. The molecule has 0 amide bonds. The van der Waals surface area contributed by atoms with E-state index in [2.05, 4.69) is 14.8 Å². The number of ether oxygens (including phenoxy) is 1. The van der Waals surface area contributed by atoms with Crippen molar-refractivity contribution in [2.75, 3.05) is 0 Å². The number of fused-ring (bicyclic) bond motifs is 1. The fourth-order valence-electron chi connectivity index (χ4n) is 1.83. The van der Waals surface area contributed by atoms with Gasteiger partial charge in [0.05, 0.1) is 11.2 Å². The van der Waals surface area contributed by atoms with Crippen LogP contribution >= 0.6 is 11.6 Å². The van der Waals surface area contributed by atoms with E-state index in [1.165, 1.54) is 28.9 Å². The van der Waals surface area contributed by atoms with Crippen molar-refractivity contribution in [3.63, 3.8) is 0 Å². The van der Waals surface area contributed by atoms with Crippen LogP contribution in [0, 0.1) is 0 Å². The second-order valence-corrected chi connectivity index (χ2v) is 4.57. The lowest BCUT2D eigenvalue weighted by Crippen LogP contribution is -2.17. The van der Waals surface area contributed by atoms with Gasteiger partial charge in [-0.2, -0.15) is 5.10 Å². The molecule has 0 bridgehead atoms. The van der Waals surface area contributed by atoms with Gasteiger partial charge in [-0.15, -0.1) is 13.2 Å². The molecule has 8 heteroatoms. The molecule has 0 N–H and O–H groups in total. The summed E-state index contributed by atoms with van der Waals surface area (Å²) in [5.41, 5.74) is 1.24. The number of halogens is 4. The van der Waals surface area contributed by atoms with E-state index in [0.717, 1.165) is 5.39 Å². The number of aromatic nitrogens is 3. The van der Waals surface area contributed by atoms with Crippen LogP contribution in [0.4, 0.5) is 13.2 Å². The SMILES string of the molecule is FC(F)(F)Oc1ccc(-n2cc3cnc(Cl)cc3n2)cc1. The van der Waals surface area contributed by atoms with E-state index in [-0.39, 0.29) is 5.75 Å². The molecule has 0 aliphatic rings. The summed E-state index contributed by atoms with van der Waals surface area (Å²) in [5.74, 6) is -0.285. The Morgan fingerprint density at radius 1 is 1.14 bits per heavy atom. The first-order chi connectivity index (χ1) is 9.90. The van der Waals surface area contributed by atoms with Crippen molar-refractivity contribution in [1.82, 2.24) is 14.8 Å². The molecule has 0 spiro atoms. The highest BCUT2D eigenvalue weighted by Crippen LogP contribution is 2.24. The molecule has 2 aromatic heterocycles. The maximum absolute atomic E-state index is 12.1. The van der Waals surface area contributed by atoms with Crippen molar-refractivity contribution in [2.24, 2.45) is 0 Å². The standard InChI is InChI=1S/C13H7ClF3N3O/c14-12-5-11-8(6-18-12)7-20(19-11)9-1-3-10(4-2-9)21-13(15,16)17/h1-7H. The Morgan fingerprint density at radius 2 is 1.86 bits per heavy atom. The van der Waals surface area contributed by atoms with Gasteiger partial charge in [-0.3, -0.25) is 0 Å². The van der Waals surface area contributed by atoms with Gasteiger partial charge in [0.2, 0.25) is 0 Å². The number of hydrogen-bond acceptors (Lipinski definition) is 3. The Labute approximate surface area is 121 Å². The average Bonchev–Trinajstić information content (AvgIpc) is 2.80. The summed E-state index contributed by atoms with van der Waals surface area (Å²) in [6, 6.07) is 7.00. The third-order valence-corrected chi connectivity index (χ3v) is 2.90. The van der Waals surface area contributed by atoms with Gasteiger partial charge in [0.15, 0.2) is 0 Å². The molecule has 0 radical (unpaired) electrons. The van der Waals surface area contributed by atoms with Gasteiger partial charge in [-0.05, 0) is 24.3 Å². The molecule has 3 rings (SSSR count). The fourth-order valence-corrected chi connectivity index (χ4v) is 1.98. The lowest BCUT2D eigenvalue weighted by Gasteiger charge is -2.09. The minimum absolute atomic E-state index is 0.285. The van der Waals surface area contributed by atoms with Gasteiger partial charge in [-0.25, -0.2) is 9.67 Å². The van der Waals surface area contributed by atoms with Gasteiger partial charge >= 0.3 is 6.36 Å². The topological polar surface area (TPSA) is 39.9 Å². The van der Waals surface area contributed by atoms with Crippen molar-refractivity contribution in [2.45, 2.75) is 6.36 Å². The Bertz CT molecular complexity index is 783. The van der Waals surface area contributed by atoms with Crippen LogP contribution in [0.25, 0.3) is 16.6 Å². The van der Waals surface area contributed by atoms with E-state index in [0.29, 0.717) is 16.4 Å². The van der Waals surface area contributed by atoms with E-state index in [4.69, 9.17) is 11.6 Å². The van der Waals surface area contributed by atoms with Gasteiger partial charge in [0, 0.05) is 23.8 Å². The normalized spacial score (nSPS) is 11.8. The first-order valence-corrected chi connectivity index (χ1v) is 6.16. The number of nitrogens with zero attached hydrogens (tertiary/aromatic N) is 3. The Morgan fingerprint density at radius 3 is 2.52 bits per heavy atom. The Hall–Kier alpha value is -2.28.